The fraction of sp³-hybridized carbons (Fsp3) is 0.0303. The summed E-state index contributed by atoms with van der Waals surface area (Å²) in [5.41, 5.74) is 2.38. The molecule has 0 unspecified atom stereocenters. The maximum atomic E-state index is 11.5. The highest BCUT2D eigenvalue weighted by Gasteiger charge is 2.13. The maximum absolute atomic E-state index is 11.5. The van der Waals surface area contributed by atoms with Crippen LogP contribution >= 0.6 is 0 Å². The Morgan fingerprint density at radius 2 is 1.00 bits per heavy atom. The first-order chi connectivity index (χ1) is 20.6. The fourth-order valence-corrected chi connectivity index (χ4v) is 3.35. The molecule has 5 rings (SSSR count). The van der Waals surface area contributed by atoms with E-state index in [2.05, 4.69) is 14.8 Å². The summed E-state index contributed by atoms with van der Waals surface area (Å²) < 4.78 is 0. The lowest BCUT2D eigenvalue weighted by Gasteiger charge is -2.10. The quantitative estimate of drug-likeness (QED) is 0.0988. The Morgan fingerprint density at radius 3 is 1.43 bits per heavy atom. The molecule has 216 valence electrons. The van der Waals surface area contributed by atoms with Crippen molar-refractivity contribution in [2.75, 3.05) is 0 Å². The standard InChI is InChI=1S/C18H14O2.2C6H6.C2H2O5.CH2O2/c19-18(20)16-11-10-14-8-4-5-9-15(14)17(16)12-13-6-2-1-3-7-13;2*1-2-4-6-5-3-1;3-1-5-7-6-2-4;2-1-3/h1-11H,12H2,(H,19,20);2*1-6H;1-2H;1H,(H,2,3). The minimum atomic E-state index is -0.873. The second-order valence-electron chi connectivity index (χ2n) is 7.65. The summed E-state index contributed by atoms with van der Waals surface area (Å²) in [6, 6.07) is 45.4. The summed E-state index contributed by atoms with van der Waals surface area (Å²) in [5.74, 6) is -0.873. The molecular weight excluding hydrogens is 540 g/mol. The number of aromatic carboxylic acids is 1. The minimum Gasteiger partial charge on any atom is -0.483 e. The van der Waals surface area contributed by atoms with Crippen molar-refractivity contribution in [3.8, 4) is 0 Å². The molecule has 0 saturated heterocycles. The molecule has 0 saturated carbocycles. The van der Waals surface area contributed by atoms with Crippen molar-refractivity contribution >= 4 is 36.2 Å². The number of carboxylic acids is 1. The average Bonchev–Trinajstić information content (AvgIpc) is 3.05. The van der Waals surface area contributed by atoms with Gasteiger partial charge in [-0.15, -0.1) is 0 Å². The lowest BCUT2D eigenvalue weighted by atomic mass is 9.94. The number of rotatable bonds is 7. The normalized spacial score (nSPS) is 8.76. The summed E-state index contributed by atoms with van der Waals surface area (Å²) in [6.45, 7) is -0.299. The second kappa shape index (κ2) is 23.1. The van der Waals surface area contributed by atoms with E-state index in [0.29, 0.717) is 12.0 Å². The Morgan fingerprint density at radius 1 is 0.595 bits per heavy atom. The van der Waals surface area contributed by atoms with E-state index < -0.39 is 5.97 Å². The van der Waals surface area contributed by atoms with Crippen LogP contribution in [0.3, 0.4) is 0 Å². The van der Waals surface area contributed by atoms with Crippen molar-refractivity contribution in [2.24, 2.45) is 0 Å². The molecule has 42 heavy (non-hydrogen) atoms. The van der Waals surface area contributed by atoms with Gasteiger partial charge in [0.1, 0.15) is 0 Å². The molecule has 9 nitrogen and oxygen atoms in total. The van der Waals surface area contributed by atoms with E-state index in [-0.39, 0.29) is 19.4 Å². The van der Waals surface area contributed by atoms with Crippen LogP contribution in [-0.4, -0.2) is 35.6 Å². The largest absolute Gasteiger partial charge is 0.483 e. The summed E-state index contributed by atoms with van der Waals surface area (Å²) >= 11 is 0. The third-order valence-corrected chi connectivity index (χ3v) is 4.99. The molecule has 0 bridgehead atoms. The molecule has 0 amide bonds. The van der Waals surface area contributed by atoms with Gasteiger partial charge in [-0.25, -0.2) is 4.79 Å². The lowest BCUT2D eigenvalue weighted by Crippen LogP contribution is -2.04. The predicted octanol–water partition coefficient (Wildman–Crippen LogP) is 6.38. The molecule has 0 aliphatic heterocycles. The van der Waals surface area contributed by atoms with Crippen LogP contribution in [0.5, 0.6) is 0 Å². The fourth-order valence-electron chi connectivity index (χ4n) is 3.35. The van der Waals surface area contributed by atoms with Gasteiger partial charge in [-0.3, -0.25) is 24.2 Å². The van der Waals surface area contributed by atoms with E-state index in [1.54, 1.807) is 6.07 Å². The summed E-state index contributed by atoms with van der Waals surface area (Å²) in [4.78, 5) is 45.0. The van der Waals surface area contributed by atoms with Gasteiger partial charge < -0.3 is 10.2 Å². The maximum Gasteiger partial charge on any atom is 0.335 e. The number of carbonyl (C=O) groups excluding carboxylic acids is 2. The number of hydrogen-bond acceptors (Lipinski definition) is 7. The van der Waals surface area contributed by atoms with Crippen LogP contribution in [0.15, 0.2) is 140 Å². The first-order valence-corrected chi connectivity index (χ1v) is 12.3. The monoisotopic (exact) mass is 570 g/mol. The molecule has 5 aromatic carbocycles. The number of carboxylic acid groups (broad SMARTS) is 2. The first kappa shape index (κ1) is 34.2. The van der Waals surface area contributed by atoms with Crippen molar-refractivity contribution in [1.82, 2.24) is 0 Å². The van der Waals surface area contributed by atoms with Gasteiger partial charge in [0.2, 0.25) is 0 Å². The van der Waals surface area contributed by atoms with Gasteiger partial charge >= 0.3 is 18.9 Å². The Kier molecular flexibility index (Phi) is 18.8. The molecule has 0 spiro atoms. The molecule has 5 aromatic rings. The van der Waals surface area contributed by atoms with Crippen LogP contribution in [0.2, 0.25) is 0 Å². The zero-order chi connectivity index (χ0) is 30.7. The molecule has 0 aliphatic carbocycles. The molecule has 0 aromatic heterocycles. The van der Waals surface area contributed by atoms with E-state index in [0.717, 1.165) is 21.9 Å². The highest BCUT2D eigenvalue weighted by molar-refractivity contribution is 5.98. The highest BCUT2D eigenvalue weighted by Crippen LogP contribution is 2.25. The summed E-state index contributed by atoms with van der Waals surface area (Å²) in [5, 5.41) is 21.8. The van der Waals surface area contributed by atoms with Gasteiger partial charge in [0.05, 0.1) is 5.56 Å². The van der Waals surface area contributed by atoms with Crippen LogP contribution in [0.25, 0.3) is 10.8 Å². The van der Waals surface area contributed by atoms with Crippen molar-refractivity contribution in [1.29, 1.82) is 0 Å². The SMILES string of the molecule is O=C(O)c1ccc2ccccc2c1Cc1ccccc1.O=CO.O=COOOC=O.c1ccccc1.c1ccccc1. The molecule has 2 N–H and O–H groups in total. The average molecular weight is 571 g/mol. The minimum absolute atomic E-state index is 0.0243. The molecule has 0 radical (unpaired) electrons. The van der Waals surface area contributed by atoms with Gasteiger partial charge in [0.15, 0.2) is 0 Å². The predicted molar refractivity (Wildman–Crippen MR) is 157 cm³/mol. The molecule has 0 atom stereocenters. The first-order valence-electron chi connectivity index (χ1n) is 12.3. The Bertz CT molecular complexity index is 1320. The van der Waals surface area contributed by atoms with Crippen molar-refractivity contribution in [2.45, 2.75) is 6.42 Å². The third kappa shape index (κ3) is 15.0. The smallest absolute Gasteiger partial charge is 0.335 e. The van der Waals surface area contributed by atoms with Crippen LogP contribution in [0, 0.1) is 0 Å². The third-order valence-electron chi connectivity index (χ3n) is 4.99. The van der Waals surface area contributed by atoms with E-state index in [1.165, 1.54) is 0 Å². The zero-order valence-corrected chi connectivity index (χ0v) is 22.5. The lowest BCUT2D eigenvalue weighted by molar-refractivity contribution is -0.448. The number of carbonyl (C=O) groups is 4. The van der Waals surface area contributed by atoms with Crippen LogP contribution < -0.4 is 0 Å². The van der Waals surface area contributed by atoms with Crippen molar-refractivity contribution in [3.05, 3.63) is 156 Å². The van der Waals surface area contributed by atoms with Crippen molar-refractivity contribution < 1.29 is 44.2 Å². The molecule has 0 heterocycles. The molecule has 9 heteroatoms. The highest BCUT2D eigenvalue weighted by atomic mass is 17.5. The van der Waals surface area contributed by atoms with E-state index >= 15 is 0 Å². The van der Waals surface area contributed by atoms with Gasteiger partial charge in [0, 0.05) is 5.04 Å². The molecule has 0 fully saturated rings. The topological polar surface area (TPSA) is 136 Å². The number of fused-ring (bicyclic) bond motifs is 1. The van der Waals surface area contributed by atoms with E-state index in [4.69, 9.17) is 19.5 Å². The van der Waals surface area contributed by atoms with E-state index in [9.17, 15) is 9.90 Å². The van der Waals surface area contributed by atoms with Crippen molar-refractivity contribution in [3.63, 3.8) is 0 Å². The Balaban J connectivity index is 0.000000327. The van der Waals surface area contributed by atoms with Crippen LogP contribution in [-0.2, 0) is 35.6 Å². The van der Waals surface area contributed by atoms with E-state index in [1.807, 2.05) is 133 Å². The summed E-state index contributed by atoms with van der Waals surface area (Å²) in [7, 11) is 0. The number of benzene rings is 5. The molecular formula is C33H30O9. The Hall–Kier alpha value is -5.80. The van der Waals surface area contributed by atoms with Crippen LogP contribution in [0.1, 0.15) is 21.5 Å². The van der Waals surface area contributed by atoms with Gasteiger partial charge in [-0.05, 0) is 34.4 Å². The van der Waals surface area contributed by atoms with Gasteiger partial charge in [-0.2, -0.15) is 0 Å². The summed E-state index contributed by atoms with van der Waals surface area (Å²) in [6.07, 6.45) is 0.629. The van der Waals surface area contributed by atoms with Crippen LogP contribution in [0.4, 0.5) is 0 Å². The van der Waals surface area contributed by atoms with Gasteiger partial charge in [0.25, 0.3) is 6.47 Å². The zero-order valence-electron chi connectivity index (χ0n) is 22.5. The second-order valence-corrected chi connectivity index (χ2v) is 7.65. The molecule has 0 aliphatic rings. The number of hydrogen-bond donors (Lipinski definition) is 2. The Labute approximate surface area is 243 Å². The van der Waals surface area contributed by atoms with Gasteiger partial charge in [-0.1, -0.05) is 133 Å².